The molecule has 1 atom stereocenters. The van der Waals surface area contributed by atoms with E-state index >= 15 is 0 Å². The highest BCUT2D eigenvalue weighted by Gasteiger charge is 2.30. The molecule has 98 valence electrons. The molecule has 0 spiro atoms. The molecule has 1 aromatic carbocycles. The molecule has 1 amide bonds. The lowest BCUT2D eigenvalue weighted by Crippen LogP contribution is -2.25. The van der Waals surface area contributed by atoms with Crippen LogP contribution in [0, 0.1) is 5.92 Å². The van der Waals surface area contributed by atoms with Crippen molar-refractivity contribution in [3.63, 3.8) is 0 Å². The number of carbonyl (C=O) groups excluding carboxylic acids is 1. The van der Waals surface area contributed by atoms with Crippen molar-refractivity contribution in [2.45, 2.75) is 11.3 Å². The molecule has 3 N–H and O–H groups in total. The van der Waals surface area contributed by atoms with E-state index in [1.54, 1.807) is 6.07 Å². The van der Waals surface area contributed by atoms with E-state index < -0.39 is 10.1 Å². The van der Waals surface area contributed by atoms with Crippen LogP contribution in [0.4, 0.5) is 5.69 Å². The number of hydrogen-bond acceptors (Lipinski definition) is 4. The van der Waals surface area contributed by atoms with Gasteiger partial charge in [-0.3, -0.25) is 9.35 Å². The molecule has 0 aromatic heterocycles. The van der Waals surface area contributed by atoms with E-state index in [0.717, 1.165) is 0 Å². The molecular weight excluding hydrogens is 256 g/mol. The van der Waals surface area contributed by atoms with Crippen LogP contribution in [0.5, 0.6) is 0 Å². The van der Waals surface area contributed by atoms with Gasteiger partial charge in [-0.25, -0.2) is 0 Å². The highest BCUT2D eigenvalue weighted by Crippen LogP contribution is 2.26. The lowest BCUT2D eigenvalue weighted by atomic mass is 10.1. The standard InChI is InChI=1S/C11H14N2O4S/c12-6-8-4-11(14)13(7-8)9-2-1-3-10(5-9)18(15,16)17/h1-3,5,8H,4,6-7,12H2,(H,15,16,17). The minimum absolute atomic E-state index is 0.0852. The third kappa shape index (κ3) is 2.53. The predicted molar refractivity (Wildman–Crippen MR) is 65.8 cm³/mol. The van der Waals surface area contributed by atoms with Gasteiger partial charge in [-0.1, -0.05) is 6.07 Å². The van der Waals surface area contributed by atoms with Gasteiger partial charge in [0, 0.05) is 18.7 Å². The summed E-state index contributed by atoms with van der Waals surface area (Å²) in [7, 11) is -4.25. The van der Waals surface area contributed by atoms with Crippen LogP contribution in [0.1, 0.15) is 6.42 Å². The highest BCUT2D eigenvalue weighted by atomic mass is 32.2. The average Bonchev–Trinajstić information content (AvgIpc) is 2.70. The second kappa shape index (κ2) is 4.68. The minimum atomic E-state index is -4.25. The monoisotopic (exact) mass is 270 g/mol. The number of hydrogen-bond donors (Lipinski definition) is 2. The lowest BCUT2D eigenvalue weighted by molar-refractivity contribution is -0.117. The smallest absolute Gasteiger partial charge is 0.294 e. The summed E-state index contributed by atoms with van der Waals surface area (Å²) in [6.07, 6.45) is 0.368. The Kier molecular flexibility index (Phi) is 3.38. The summed E-state index contributed by atoms with van der Waals surface area (Å²) >= 11 is 0. The van der Waals surface area contributed by atoms with Crippen molar-refractivity contribution < 1.29 is 17.8 Å². The van der Waals surface area contributed by atoms with Gasteiger partial charge in [-0.15, -0.1) is 0 Å². The van der Waals surface area contributed by atoms with E-state index in [1.807, 2.05) is 0 Å². The fourth-order valence-electron chi connectivity index (χ4n) is 2.00. The molecule has 0 bridgehead atoms. The van der Waals surface area contributed by atoms with Crippen LogP contribution in [0.25, 0.3) is 0 Å². The third-order valence-corrected chi connectivity index (χ3v) is 3.82. The van der Waals surface area contributed by atoms with Crippen LogP contribution in [0.15, 0.2) is 29.2 Å². The van der Waals surface area contributed by atoms with Crippen LogP contribution in [0.3, 0.4) is 0 Å². The maximum Gasteiger partial charge on any atom is 0.294 e. The lowest BCUT2D eigenvalue weighted by Gasteiger charge is -2.17. The van der Waals surface area contributed by atoms with Crippen molar-refractivity contribution in [3.8, 4) is 0 Å². The fourth-order valence-corrected chi connectivity index (χ4v) is 2.52. The van der Waals surface area contributed by atoms with Crippen LogP contribution in [-0.2, 0) is 14.9 Å². The van der Waals surface area contributed by atoms with Crippen LogP contribution >= 0.6 is 0 Å². The molecule has 1 aliphatic rings. The summed E-state index contributed by atoms with van der Waals surface area (Å²) < 4.78 is 31.0. The molecule has 0 saturated carbocycles. The maximum absolute atomic E-state index is 11.8. The number of anilines is 1. The largest absolute Gasteiger partial charge is 0.330 e. The Morgan fingerprint density at radius 3 is 2.72 bits per heavy atom. The number of benzene rings is 1. The Morgan fingerprint density at radius 1 is 1.44 bits per heavy atom. The van der Waals surface area contributed by atoms with Gasteiger partial charge in [0.2, 0.25) is 5.91 Å². The summed E-state index contributed by atoms with van der Waals surface area (Å²) in [6.45, 7) is 0.893. The molecule has 1 aliphatic heterocycles. The first kappa shape index (κ1) is 13.0. The quantitative estimate of drug-likeness (QED) is 0.766. The molecule has 6 nitrogen and oxygen atoms in total. The summed E-state index contributed by atoms with van der Waals surface area (Å²) in [6, 6.07) is 5.68. The number of carbonyl (C=O) groups is 1. The van der Waals surface area contributed by atoms with Crippen molar-refractivity contribution in [1.29, 1.82) is 0 Å². The van der Waals surface area contributed by atoms with E-state index in [0.29, 0.717) is 25.2 Å². The molecular formula is C11H14N2O4S. The molecule has 0 radical (unpaired) electrons. The molecule has 18 heavy (non-hydrogen) atoms. The molecule has 1 aromatic rings. The third-order valence-electron chi connectivity index (χ3n) is 2.97. The van der Waals surface area contributed by atoms with E-state index in [4.69, 9.17) is 10.3 Å². The minimum Gasteiger partial charge on any atom is -0.330 e. The zero-order chi connectivity index (χ0) is 13.3. The average molecular weight is 270 g/mol. The van der Waals surface area contributed by atoms with Crippen molar-refractivity contribution in [2.24, 2.45) is 11.7 Å². The summed E-state index contributed by atoms with van der Waals surface area (Å²) in [5.41, 5.74) is 5.98. The van der Waals surface area contributed by atoms with E-state index in [2.05, 4.69) is 0 Å². The number of rotatable bonds is 3. The van der Waals surface area contributed by atoms with Gasteiger partial charge in [0.05, 0.1) is 4.90 Å². The Bertz CT molecular complexity index is 570. The molecule has 1 saturated heterocycles. The van der Waals surface area contributed by atoms with Crippen molar-refractivity contribution in [1.82, 2.24) is 0 Å². The SMILES string of the molecule is NCC1CC(=O)N(c2cccc(S(=O)(=O)O)c2)C1. The van der Waals surface area contributed by atoms with E-state index in [9.17, 15) is 13.2 Å². The first-order chi connectivity index (χ1) is 8.41. The van der Waals surface area contributed by atoms with Crippen molar-refractivity contribution in [2.75, 3.05) is 18.0 Å². The first-order valence-corrected chi connectivity index (χ1v) is 6.94. The van der Waals surface area contributed by atoms with Gasteiger partial charge in [-0.2, -0.15) is 8.42 Å². The number of nitrogens with two attached hydrogens (primary N) is 1. The normalized spacial score (nSPS) is 20.4. The highest BCUT2D eigenvalue weighted by molar-refractivity contribution is 7.85. The van der Waals surface area contributed by atoms with Gasteiger partial charge >= 0.3 is 0 Å². The summed E-state index contributed by atoms with van der Waals surface area (Å²) in [5, 5.41) is 0. The molecule has 1 unspecified atom stereocenters. The molecule has 1 heterocycles. The maximum atomic E-state index is 11.8. The summed E-state index contributed by atoms with van der Waals surface area (Å²) in [5.74, 6) is 0.00447. The van der Waals surface area contributed by atoms with E-state index in [1.165, 1.54) is 23.1 Å². The predicted octanol–water partition coefficient (Wildman–Crippen LogP) is 0.245. The number of nitrogens with zero attached hydrogens (tertiary/aromatic N) is 1. The molecule has 7 heteroatoms. The molecule has 1 fully saturated rings. The van der Waals surface area contributed by atoms with Crippen LogP contribution < -0.4 is 10.6 Å². The zero-order valence-electron chi connectivity index (χ0n) is 9.61. The summed E-state index contributed by atoms with van der Waals surface area (Å²) in [4.78, 5) is 13.0. The van der Waals surface area contributed by atoms with Crippen LogP contribution in [0.2, 0.25) is 0 Å². The number of amides is 1. The van der Waals surface area contributed by atoms with Gasteiger partial charge in [0.25, 0.3) is 10.1 Å². The van der Waals surface area contributed by atoms with Gasteiger partial charge < -0.3 is 10.6 Å². The first-order valence-electron chi connectivity index (χ1n) is 5.50. The van der Waals surface area contributed by atoms with Gasteiger partial charge in [0.15, 0.2) is 0 Å². The Morgan fingerprint density at radius 2 is 2.17 bits per heavy atom. The Hall–Kier alpha value is -1.44. The van der Waals surface area contributed by atoms with Crippen molar-refractivity contribution in [3.05, 3.63) is 24.3 Å². The topological polar surface area (TPSA) is 101 Å². The second-order valence-corrected chi connectivity index (χ2v) is 5.70. The van der Waals surface area contributed by atoms with Gasteiger partial charge in [0.1, 0.15) is 0 Å². The second-order valence-electron chi connectivity index (χ2n) is 4.28. The van der Waals surface area contributed by atoms with Gasteiger partial charge in [-0.05, 0) is 30.7 Å². The zero-order valence-corrected chi connectivity index (χ0v) is 10.4. The molecule has 0 aliphatic carbocycles. The van der Waals surface area contributed by atoms with Crippen molar-refractivity contribution >= 4 is 21.7 Å². The van der Waals surface area contributed by atoms with E-state index in [-0.39, 0.29) is 16.7 Å². The fraction of sp³-hybridized carbons (Fsp3) is 0.364. The Labute approximate surface area is 105 Å². The molecule has 2 rings (SSSR count). The van der Waals surface area contributed by atoms with Crippen LogP contribution in [-0.4, -0.2) is 32.0 Å². The Balaban J connectivity index is 2.32.